The molecule has 1 aromatic heterocycles. The minimum Gasteiger partial charge on any atom is -0.480 e. The van der Waals surface area contributed by atoms with Gasteiger partial charge in [0.25, 0.3) is 0 Å². The molecule has 1 aliphatic rings. The van der Waals surface area contributed by atoms with Crippen LogP contribution in [0.5, 0.6) is 0 Å². The van der Waals surface area contributed by atoms with Crippen LogP contribution in [0.15, 0.2) is 30.5 Å². The number of carbonyl (C=O) groups is 1. The van der Waals surface area contributed by atoms with Gasteiger partial charge in [0.05, 0.1) is 5.69 Å². The Kier molecular flexibility index (Phi) is 3.30. The highest BCUT2D eigenvalue weighted by Gasteiger charge is 2.26. The predicted octanol–water partition coefficient (Wildman–Crippen LogP) is 2.74. The number of imidazole rings is 1. The van der Waals surface area contributed by atoms with E-state index in [2.05, 4.69) is 36.2 Å². The molecular weight excluding hydrogens is 252 g/mol. The van der Waals surface area contributed by atoms with Crippen LogP contribution in [0.4, 0.5) is 0 Å². The first-order valence-electron chi connectivity index (χ1n) is 6.98. The van der Waals surface area contributed by atoms with Crippen LogP contribution in [0, 0.1) is 6.92 Å². The molecule has 0 saturated heterocycles. The highest BCUT2D eigenvalue weighted by Crippen LogP contribution is 2.25. The molecule has 1 aromatic carbocycles. The van der Waals surface area contributed by atoms with Crippen molar-refractivity contribution in [2.75, 3.05) is 0 Å². The van der Waals surface area contributed by atoms with Gasteiger partial charge in [-0.1, -0.05) is 29.8 Å². The van der Waals surface area contributed by atoms with Gasteiger partial charge in [0.1, 0.15) is 11.9 Å². The van der Waals surface area contributed by atoms with E-state index in [-0.39, 0.29) is 0 Å². The van der Waals surface area contributed by atoms with Gasteiger partial charge in [-0.3, -0.25) is 0 Å². The first kappa shape index (κ1) is 12.9. The maximum atomic E-state index is 11.3. The molecule has 0 bridgehead atoms. The number of aryl methyl sites for hydroxylation is 2. The van der Waals surface area contributed by atoms with Crippen LogP contribution < -0.4 is 0 Å². The molecule has 2 heterocycles. The van der Waals surface area contributed by atoms with Crippen LogP contribution in [0.2, 0.25) is 0 Å². The molecule has 4 nitrogen and oxygen atoms in total. The number of carboxylic acid groups (broad SMARTS) is 1. The molecule has 2 aromatic rings. The van der Waals surface area contributed by atoms with E-state index in [1.165, 1.54) is 11.1 Å². The minimum absolute atomic E-state index is 0.446. The number of carboxylic acids is 1. The van der Waals surface area contributed by atoms with Crippen molar-refractivity contribution in [1.29, 1.82) is 0 Å². The summed E-state index contributed by atoms with van der Waals surface area (Å²) in [7, 11) is 0. The Morgan fingerprint density at radius 3 is 2.85 bits per heavy atom. The second-order valence-corrected chi connectivity index (χ2v) is 5.46. The molecule has 104 valence electrons. The van der Waals surface area contributed by atoms with Gasteiger partial charge in [0.2, 0.25) is 0 Å². The molecule has 0 spiro atoms. The molecule has 1 atom stereocenters. The maximum absolute atomic E-state index is 11.3. The Balaban J connectivity index is 1.85. The largest absolute Gasteiger partial charge is 0.480 e. The second-order valence-electron chi connectivity index (χ2n) is 5.46. The summed E-state index contributed by atoms with van der Waals surface area (Å²) in [6.45, 7) is 2.07. The Bertz CT molecular complexity index is 628. The van der Waals surface area contributed by atoms with Crippen molar-refractivity contribution in [1.82, 2.24) is 9.55 Å². The molecule has 0 fully saturated rings. The van der Waals surface area contributed by atoms with Crippen molar-refractivity contribution >= 4 is 5.97 Å². The number of hydrogen-bond donors (Lipinski definition) is 1. The van der Waals surface area contributed by atoms with E-state index in [1.54, 1.807) is 0 Å². The van der Waals surface area contributed by atoms with Gasteiger partial charge in [-0.2, -0.15) is 0 Å². The number of fused-ring (bicyclic) bond motifs is 1. The molecule has 1 unspecified atom stereocenters. The topological polar surface area (TPSA) is 55.1 Å². The van der Waals surface area contributed by atoms with Crippen LogP contribution in [-0.4, -0.2) is 20.6 Å². The van der Waals surface area contributed by atoms with Crippen LogP contribution in [0.25, 0.3) is 0 Å². The summed E-state index contributed by atoms with van der Waals surface area (Å²) in [6, 6.07) is 7.93. The number of aliphatic carboxylic acids is 1. The zero-order valence-corrected chi connectivity index (χ0v) is 11.5. The first-order chi connectivity index (χ1) is 9.63. The number of aromatic nitrogens is 2. The third-order valence-corrected chi connectivity index (χ3v) is 3.86. The molecule has 0 radical (unpaired) electrons. The highest BCUT2D eigenvalue weighted by atomic mass is 16.4. The number of hydrogen-bond acceptors (Lipinski definition) is 2. The lowest BCUT2D eigenvalue weighted by molar-refractivity contribution is -0.141. The Morgan fingerprint density at radius 2 is 2.15 bits per heavy atom. The fraction of sp³-hybridized carbons (Fsp3) is 0.375. The molecular formula is C16H18N2O2. The van der Waals surface area contributed by atoms with Gasteiger partial charge >= 0.3 is 5.97 Å². The van der Waals surface area contributed by atoms with Crippen molar-refractivity contribution in [3.63, 3.8) is 0 Å². The van der Waals surface area contributed by atoms with Crippen molar-refractivity contribution in [3.05, 3.63) is 53.1 Å². The molecule has 0 amide bonds. The smallest absolute Gasteiger partial charge is 0.326 e. The van der Waals surface area contributed by atoms with E-state index in [0.717, 1.165) is 30.8 Å². The summed E-state index contributed by atoms with van der Waals surface area (Å²) in [6.07, 6.45) is 5.14. The van der Waals surface area contributed by atoms with Gasteiger partial charge in [-0.25, -0.2) is 9.78 Å². The zero-order chi connectivity index (χ0) is 14.1. The molecule has 4 heteroatoms. The molecule has 20 heavy (non-hydrogen) atoms. The van der Waals surface area contributed by atoms with E-state index < -0.39 is 12.0 Å². The van der Waals surface area contributed by atoms with Crippen LogP contribution >= 0.6 is 0 Å². The van der Waals surface area contributed by atoms with Gasteiger partial charge in [0, 0.05) is 19.0 Å². The third-order valence-electron chi connectivity index (χ3n) is 3.86. The lowest BCUT2D eigenvalue weighted by Crippen LogP contribution is -2.24. The van der Waals surface area contributed by atoms with Crippen molar-refractivity contribution in [3.8, 4) is 0 Å². The lowest BCUT2D eigenvalue weighted by Gasteiger charge is -2.20. The normalized spacial score (nSPS) is 17.8. The van der Waals surface area contributed by atoms with Crippen molar-refractivity contribution < 1.29 is 9.90 Å². The summed E-state index contributed by atoms with van der Waals surface area (Å²) in [5.41, 5.74) is 3.40. The third kappa shape index (κ3) is 2.46. The molecule has 1 N–H and O–H groups in total. The SMILES string of the molecule is Cc1ccc(Cc2cn3c(n2)CCCC3C(=O)O)cc1. The standard InChI is InChI=1S/C16H18N2O2/c1-11-5-7-12(8-6-11)9-13-10-18-14(16(19)20)3-2-4-15(18)17-13/h5-8,10,14H,2-4,9H2,1H3,(H,19,20). The Morgan fingerprint density at radius 1 is 1.40 bits per heavy atom. The molecule has 0 aliphatic carbocycles. The van der Waals surface area contributed by atoms with E-state index in [4.69, 9.17) is 0 Å². The summed E-state index contributed by atoms with van der Waals surface area (Å²) in [4.78, 5) is 15.9. The van der Waals surface area contributed by atoms with Gasteiger partial charge in [0.15, 0.2) is 0 Å². The van der Waals surface area contributed by atoms with E-state index in [9.17, 15) is 9.90 Å². The van der Waals surface area contributed by atoms with E-state index in [0.29, 0.717) is 6.42 Å². The lowest BCUT2D eigenvalue weighted by atomic mass is 10.1. The predicted molar refractivity (Wildman–Crippen MR) is 75.8 cm³/mol. The van der Waals surface area contributed by atoms with Crippen molar-refractivity contribution in [2.24, 2.45) is 0 Å². The van der Waals surface area contributed by atoms with E-state index in [1.807, 2.05) is 10.8 Å². The minimum atomic E-state index is -0.759. The fourth-order valence-corrected chi connectivity index (χ4v) is 2.78. The number of rotatable bonds is 3. The summed E-state index contributed by atoms with van der Waals surface area (Å²) in [5.74, 6) is 0.149. The average molecular weight is 270 g/mol. The van der Waals surface area contributed by atoms with Gasteiger partial charge < -0.3 is 9.67 Å². The fourth-order valence-electron chi connectivity index (χ4n) is 2.78. The Hall–Kier alpha value is -2.10. The summed E-state index contributed by atoms with van der Waals surface area (Å²) >= 11 is 0. The van der Waals surface area contributed by atoms with Crippen LogP contribution in [0.1, 0.15) is 41.5 Å². The average Bonchev–Trinajstić information content (AvgIpc) is 2.83. The summed E-state index contributed by atoms with van der Waals surface area (Å²) in [5, 5.41) is 9.27. The van der Waals surface area contributed by atoms with E-state index >= 15 is 0 Å². The molecule has 3 rings (SSSR count). The van der Waals surface area contributed by atoms with Crippen LogP contribution in [0.3, 0.4) is 0 Å². The van der Waals surface area contributed by atoms with Gasteiger partial charge in [-0.15, -0.1) is 0 Å². The van der Waals surface area contributed by atoms with Crippen molar-refractivity contribution in [2.45, 2.75) is 38.6 Å². The number of nitrogens with zero attached hydrogens (tertiary/aromatic N) is 2. The molecule has 1 aliphatic heterocycles. The monoisotopic (exact) mass is 270 g/mol. The maximum Gasteiger partial charge on any atom is 0.326 e. The Labute approximate surface area is 118 Å². The van der Waals surface area contributed by atoms with Crippen LogP contribution in [-0.2, 0) is 17.6 Å². The number of benzene rings is 1. The van der Waals surface area contributed by atoms with Gasteiger partial charge in [-0.05, 0) is 25.3 Å². The first-order valence-corrected chi connectivity index (χ1v) is 6.98. The zero-order valence-electron chi connectivity index (χ0n) is 11.5. The second kappa shape index (κ2) is 5.12. The quantitative estimate of drug-likeness (QED) is 0.933. The molecule has 0 saturated carbocycles. The highest BCUT2D eigenvalue weighted by molar-refractivity contribution is 5.72. The summed E-state index contributed by atoms with van der Waals surface area (Å²) < 4.78 is 1.84.